The topological polar surface area (TPSA) is 57.2 Å². The molecule has 0 spiro atoms. The second-order valence-electron chi connectivity index (χ2n) is 5.46. The van der Waals surface area contributed by atoms with E-state index in [9.17, 15) is 5.11 Å². The smallest absolute Gasteiger partial charge is 0.128 e. The molecule has 0 aromatic carbocycles. The Morgan fingerprint density at radius 2 is 1.94 bits per heavy atom. The first-order valence-electron chi connectivity index (χ1n) is 5.97. The fourth-order valence-corrected chi connectivity index (χ4v) is 1.67. The van der Waals surface area contributed by atoms with Crippen LogP contribution in [0.3, 0.4) is 0 Å². The van der Waals surface area contributed by atoms with E-state index < -0.39 is 0 Å². The van der Waals surface area contributed by atoms with E-state index in [-0.39, 0.29) is 11.5 Å². The minimum absolute atomic E-state index is 0.140. The number of pyridine rings is 1. The van der Waals surface area contributed by atoms with E-state index in [2.05, 4.69) is 36.4 Å². The molecule has 0 saturated carbocycles. The molecule has 1 aromatic rings. The zero-order chi connectivity index (χ0) is 12.9. The van der Waals surface area contributed by atoms with Gasteiger partial charge in [-0.1, -0.05) is 26.8 Å². The lowest BCUT2D eigenvalue weighted by atomic mass is 9.89. The van der Waals surface area contributed by atoms with Crippen LogP contribution in [0.15, 0.2) is 18.2 Å². The van der Waals surface area contributed by atoms with E-state index in [1.165, 1.54) is 0 Å². The second kappa shape index (κ2) is 5.87. The highest BCUT2D eigenvalue weighted by Gasteiger charge is 2.16. The maximum absolute atomic E-state index is 9.87. The molecule has 1 unspecified atom stereocenters. The Bertz CT molecular complexity index is 347. The molecule has 0 radical (unpaired) electrons. The van der Waals surface area contributed by atoms with Crippen molar-refractivity contribution in [3.8, 4) is 0 Å². The van der Waals surface area contributed by atoms with Gasteiger partial charge in [-0.25, -0.2) is 4.98 Å². The van der Waals surface area contributed by atoms with Crippen LogP contribution in [0.5, 0.6) is 0 Å². The van der Waals surface area contributed by atoms with E-state index in [0.717, 1.165) is 18.1 Å². The molecule has 0 saturated heterocycles. The van der Waals surface area contributed by atoms with Crippen molar-refractivity contribution < 1.29 is 5.11 Å². The van der Waals surface area contributed by atoms with Crippen LogP contribution in [0.4, 0.5) is 11.6 Å². The van der Waals surface area contributed by atoms with E-state index in [0.29, 0.717) is 6.54 Å². The maximum Gasteiger partial charge on any atom is 0.128 e. The van der Waals surface area contributed by atoms with Crippen molar-refractivity contribution in [1.82, 2.24) is 4.98 Å². The quantitative estimate of drug-likeness (QED) is 0.735. The van der Waals surface area contributed by atoms with Gasteiger partial charge in [0.25, 0.3) is 0 Å². The van der Waals surface area contributed by atoms with Gasteiger partial charge < -0.3 is 15.7 Å². The molecule has 0 bridgehead atoms. The van der Waals surface area contributed by atoms with Gasteiger partial charge in [-0.15, -0.1) is 0 Å². The van der Waals surface area contributed by atoms with Crippen LogP contribution in [0, 0.1) is 5.41 Å². The minimum atomic E-state index is -0.352. The zero-order valence-electron chi connectivity index (χ0n) is 11.1. The summed E-state index contributed by atoms with van der Waals surface area (Å²) >= 11 is 0. The SMILES string of the molecule is CNc1cccc(NCC(O)CC(C)(C)C)n1. The average molecular weight is 237 g/mol. The largest absolute Gasteiger partial charge is 0.391 e. The summed E-state index contributed by atoms with van der Waals surface area (Å²) in [6.45, 7) is 6.89. The van der Waals surface area contributed by atoms with Gasteiger partial charge in [-0.05, 0) is 24.0 Å². The molecule has 96 valence electrons. The van der Waals surface area contributed by atoms with Gasteiger partial charge in [0.2, 0.25) is 0 Å². The monoisotopic (exact) mass is 237 g/mol. The highest BCUT2D eigenvalue weighted by Crippen LogP contribution is 2.20. The van der Waals surface area contributed by atoms with E-state index in [4.69, 9.17) is 0 Å². The predicted octanol–water partition coefficient (Wildman–Crippen LogP) is 2.33. The second-order valence-corrected chi connectivity index (χ2v) is 5.46. The number of aliphatic hydroxyl groups is 1. The van der Waals surface area contributed by atoms with Gasteiger partial charge >= 0.3 is 0 Å². The van der Waals surface area contributed by atoms with Crippen molar-refractivity contribution in [1.29, 1.82) is 0 Å². The van der Waals surface area contributed by atoms with E-state index in [1.807, 2.05) is 25.2 Å². The molecule has 0 aliphatic heterocycles. The number of nitrogens with one attached hydrogen (secondary N) is 2. The van der Waals surface area contributed by atoms with Crippen LogP contribution >= 0.6 is 0 Å². The first-order chi connectivity index (χ1) is 7.90. The van der Waals surface area contributed by atoms with Crippen molar-refractivity contribution in [2.75, 3.05) is 24.2 Å². The number of anilines is 2. The van der Waals surface area contributed by atoms with Gasteiger partial charge in [0, 0.05) is 13.6 Å². The molecular formula is C13H23N3O. The standard InChI is InChI=1S/C13H23N3O/c1-13(2,3)8-10(17)9-15-12-7-5-6-11(14-4)16-12/h5-7,10,17H,8-9H2,1-4H3,(H2,14,15,16). The Hall–Kier alpha value is -1.29. The molecule has 3 N–H and O–H groups in total. The van der Waals surface area contributed by atoms with Crippen molar-refractivity contribution in [2.45, 2.75) is 33.3 Å². The summed E-state index contributed by atoms with van der Waals surface area (Å²) < 4.78 is 0. The molecule has 1 rings (SSSR count). The first-order valence-corrected chi connectivity index (χ1v) is 5.97. The molecule has 1 heterocycles. The summed E-state index contributed by atoms with van der Waals surface area (Å²) in [5.74, 6) is 1.60. The highest BCUT2D eigenvalue weighted by atomic mass is 16.3. The van der Waals surface area contributed by atoms with Gasteiger partial charge in [-0.2, -0.15) is 0 Å². The van der Waals surface area contributed by atoms with Crippen LogP contribution < -0.4 is 10.6 Å². The Morgan fingerprint density at radius 1 is 1.29 bits per heavy atom. The van der Waals surface area contributed by atoms with Crippen LogP contribution in [-0.2, 0) is 0 Å². The fourth-order valence-electron chi connectivity index (χ4n) is 1.67. The van der Waals surface area contributed by atoms with Crippen LogP contribution in [0.25, 0.3) is 0 Å². The summed E-state index contributed by atoms with van der Waals surface area (Å²) in [7, 11) is 1.83. The molecule has 0 fully saturated rings. The summed E-state index contributed by atoms with van der Waals surface area (Å²) in [6, 6.07) is 5.72. The van der Waals surface area contributed by atoms with Crippen LogP contribution in [0.1, 0.15) is 27.2 Å². The number of rotatable bonds is 5. The molecule has 1 atom stereocenters. The highest BCUT2D eigenvalue weighted by molar-refractivity contribution is 5.44. The predicted molar refractivity (Wildman–Crippen MR) is 72.4 cm³/mol. The molecule has 0 aliphatic carbocycles. The fraction of sp³-hybridized carbons (Fsp3) is 0.615. The van der Waals surface area contributed by atoms with Gasteiger partial charge in [0.05, 0.1) is 6.10 Å². The third kappa shape index (κ3) is 5.54. The summed E-state index contributed by atoms with van der Waals surface area (Å²) in [6.07, 6.45) is 0.418. The normalized spacial score (nSPS) is 13.2. The summed E-state index contributed by atoms with van der Waals surface area (Å²) in [5, 5.41) is 16.0. The lowest BCUT2D eigenvalue weighted by Crippen LogP contribution is -2.25. The molecule has 17 heavy (non-hydrogen) atoms. The van der Waals surface area contributed by atoms with E-state index in [1.54, 1.807) is 0 Å². The maximum atomic E-state index is 9.87. The van der Waals surface area contributed by atoms with Crippen molar-refractivity contribution in [2.24, 2.45) is 5.41 Å². The minimum Gasteiger partial charge on any atom is -0.391 e. The molecular weight excluding hydrogens is 214 g/mol. The van der Waals surface area contributed by atoms with Crippen molar-refractivity contribution in [3.05, 3.63) is 18.2 Å². The number of aliphatic hydroxyl groups excluding tert-OH is 1. The number of nitrogens with zero attached hydrogens (tertiary/aromatic N) is 1. The third-order valence-corrected chi connectivity index (χ3v) is 2.37. The van der Waals surface area contributed by atoms with Crippen LogP contribution in [0.2, 0.25) is 0 Å². The third-order valence-electron chi connectivity index (χ3n) is 2.37. The van der Waals surface area contributed by atoms with Gasteiger partial charge in [-0.3, -0.25) is 0 Å². The lowest BCUT2D eigenvalue weighted by molar-refractivity contribution is 0.132. The molecule has 0 aliphatic rings. The molecule has 4 nitrogen and oxygen atoms in total. The Balaban J connectivity index is 2.44. The Labute approximate surface area is 103 Å². The zero-order valence-corrected chi connectivity index (χ0v) is 11.1. The number of hydrogen-bond acceptors (Lipinski definition) is 4. The first kappa shape index (κ1) is 13.8. The Morgan fingerprint density at radius 3 is 2.53 bits per heavy atom. The molecule has 4 heteroatoms. The van der Waals surface area contributed by atoms with Crippen molar-refractivity contribution >= 4 is 11.6 Å². The Kier molecular flexibility index (Phi) is 4.75. The molecule has 1 aromatic heterocycles. The number of hydrogen-bond donors (Lipinski definition) is 3. The van der Waals surface area contributed by atoms with Crippen molar-refractivity contribution in [3.63, 3.8) is 0 Å². The van der Waals surface area contributed by atoms with Gasteiger partial charge in [0.15, 0.2) is 0 Å². The number of aromatic nitrogens is 1. The summed E-state index contributed by atoms with van der Waals surface area (Å²) in [4.78, 5) is 4.33. The summed E-state index contributed by atoms with van der Waals surface area (Å²) in [5.41, 5.74) is 0.140. The lowest BCUT2D eigenvalue weighted by Gasteiger charge is -2.22. The van der Waals surface area contributed by atoms with E-state index >= 15 is 0 Å². The average Bonchev–Trinajstić information content (AvgIpc) is 2.24. The van der Waals surface area contributed by atoms with Crippen LogP contribution in [-0.4, -0.2) is 29.8 Å². The van der Waals surface area contributed by atoms with Gasteiger partial charge in [0.1, 0.15) is 11.6 Å². The molecule has 0 amide bonds.